The van der Waals surface area contributed by atoms with Gasteiger partial charge in [-0.2, -0.15) is 5.10 Å². The molecule has 0 atom stereocenters. The van der Waals surface area contributed by atoms with Crippen LogP contribution in [0.5, 0.6) is 0 Å². The molecule has 136 valence electrons. The van der Waals surface area contributed by atoms with Gasteiger partial charge < -0.3 is 10.5 Å². The van der Waals surface area contributed by atoms with E-state index in [-0.39, 0.29) is 0 Å². The lowest BCUT2D eigenvalue weighted by atomic mass is 10.1. The Bertz CT molecular complexity index is 895. The number of fused-ring (bicyclic) bond motifs is 1. The zero-order chi connectivity index (χ0) is 18.6. The summed E-state index contributed by atoms with van der Waals surface area (Å²) in [6, 6.07) is 17.3. The van der Waals surface area contributed by atoms with Gasteiger partial charge in [-0.1, -0.05) is 62.1 Å². The van der Waals surface area contributed by atoms with Crippen molar-refractivity contribution >= 4 is 36.8 Å². The standard InChI is InChI=1S/C21H27N3OSi/c1-26(2,3)15-14-25-16-24-20-11-7-10-18(22)21(20)19(23-24)13-12-17-8-5-4-6-9-17/h4-13H,14-16,22H2,1-3H3/b13-12+. The molecule has 0 spiro atoms. The van der Waals surface area contributed by atoms with Crippen molar-refractivity contribution in [2.45, 2.75) is 32.4 Å². The minimum atomic E-state index is -1.09. The summed E-state index contributed by atoms with van der Waals surface area (Å²) in [4.78, 5) is 0. The summed E-state index contributed by atoms with van der Waals surface area (Å²) in [5, 5.41) is 5.72. The Balaban J connectivity index is 1.84. The van der Waals surface area contributed by atoms with Crippen LogP contribution in [0.15, 0.2) is 48.5 Å². The fourth-order valence-electron chi connectivity index (χ4n) is 2.77. The van der Waals surface area contributed by atoms with Gasteiger partial charge in [0.25, 0.3) is 0 Å². The molecule has 26 heavy (non-hydrogen) atoms. The van der Waals surface area contributed by atoms with Crippen LogP contribution < -0.4 is 5.73 Å². The first-order valence-corrected chi connectivity index (χ1v) is 12.7. The van der Waals surface area contributed by atoms with Gasteiger partial charge in [0.05, 0.1) is 16.6 Å². The number of nitrogens with zero attached hydrogens (tertiary/aromatic N) is 2. The Morgan fingerprint density at radius 1 is 1.04 bits per heavy atom. The third kappa shape index (κ3) is 4.62. The summed E-state index contributed by atoms with van der Waals surface area (Å²) in [6.45, 7) is 8.28. The van der Waals surface area contributed by atoms with E-state index < -0.39 is 8.07 Å². The molecule has 4 nitrogen and oxygen atoms in total. The first kappa shape index (κ1) is 18.4. The quantitative estimate of drug-likeness (QED) is 0.360. The highest BCUT2D eigenvalue weighted by Crippen LogP contribution is 2.26. The minimum Gasteiger partial charge on any atom is -0.398 e. The van der Waals surface area contributed by atoms with Crippen LogP contribution in [0.4, 0.5) is 5.69 Å². The van der Waals surface area contributed by atoms with Crippen molar-refractivity contribution < 1.29 is 4.74 Å². The van der Waals surface area contributed by atoms with Crippen LogP contribution in [-0.4, -0.2) is 24.5 Å². The highest BCUT2D eigenvalue weighted by Gasteiger charge is 2.14. The van der Waals surface area contributed by atoms with Gasteiger partial charge >= 0.3 is 0 Å². The van der Waals surface area contributed by atoms with Crippen LogP contribution >= 0.6 is 0 Å². The van der Waals surface area contributed by atoms with Crippen molar-refractivity contribution in [2.24, 2.45) is 0 Å². The van der Waals surface area contributed by atoms with Gasteiger partial charge in [0, 0.05) is 20.4 Å². The number of rotatable bonds is 7. The number of aromatic nitrogens is 2. The van der Waals surface area contributed by atoms with Crippen LogP contribution in [0, 0.1) is 0 Å². The van der Waals surface area contributed by atoms with E-state index in [0.29, 0.717) is 6.73 Å². The first-order chi connectivity index (χ1) is 12.4. The topological polar surface area (TPSA) is 53.1 Å². The fourth-order valence-corrected chi connectivity index (χ4v) is 3.53. The molecule has 0 saturated heterocycles. The number of nitrogen functional groups attached to an aromatic ring is 1. The molecule has 0 bridgehead atoms. The monoisotopic (exact) mass is 365 g/mol. The third-order valence-electron chi connectivity index (χ3n) is 4.28. The zero-order valence-electron chi connectivity index (χ0n) is 15.8. The Kier molecular flexibility index (Phi) is 5.59. The summed E-state index contributed by atoms with van der Waals surface area (Å²) in [5.41, 5.74) is 9.98. The highest BCUT2D eigenvalue weighted by molar-refractivity contribution is 6.76. The molecule has 0 fully saturated rings. The van der Waals surface area contributed by atoms with Gasteiger partial charge in [-0.15, -0.1) is 0 Å². The Hall–Kier alpha value is -2.37. The van der Waals surface area contributed by atoms with Crippen molar-refractivity contribution in [1.82, 2.24) is 9.78 Å². The van der Waals surface area contributed by atoms with E-state index in [1.807, 2.05) is 47.2 Å². The first-order valence-electron chi connectivity index (χ1n) is 9.00. The van der Waals surface area contributed by atoms with Crippen LogP contribution in [0.25, 0.3) is 23.1 Å². The Morgan fingerprint density at radius 2 is 1.81 bits per heavy atom. The number of anilines is 1. The second-order valence-electron chi connectivity index (χ2n) is 7.72. The van der Waals surface area contributed by atoms with Gasteiger partial charge in [-0.25, -0.2) is 4.68 Å². The molecule has 0 amide bonds. The average molecular weight is 366 g/mol. The van der Waals surface area contributed by atoms with Crippen molar-refractivity contribution in [3.05, 3.63) is 59.8 Å². The van der Waals surface area contributed by atoms with E-state index in [1.54, 1.807) is 0 Å². The molecule has 2 aromatic carbocycles. The number of benzene rings is 2. The van der Waals surface area contributed by atoms with Crippen LogP contribution in [0.1, 0.15) is 11.3 Å². The maximum Gasteiger partial charge on any atom is 0.140 e. The summed E-state index contributed by atoms with van der Waals surface area (Å²) in [5.74, 6) is 0. The molecule has 0 radical (unpaired) electrons. The normalized spacial score (nSPS) is 12.3. The molecule has 5 heteroatoms. The smallest absolute Gasteiger partial charge is 0.140 e. The number of nitrogens with two attached hydrogens (primary N) is 1. The fraction of sp³-hybridized carbons (Fsp3) is 0.286. The molecule has 0 unspecified atom stereocenters. The predicted molar refractivity (Wildman–Crippen MR) is 114 cm³/mol. The lowest BCUT2D eigenvalue weighted by molar-refractivity contribution is 0.0816. The van der Waals surface area contributed by atoms with Gasteiger partial charge in [0.1, 0.15) is 6.73 Å². The van der Waals surface area contributed by atoms with Gasteiger partial charge in [0.2, 0.25) is 0 Å². The largest absolute Gasteiger partial charge is 0.398 e. The van der Waals surface area contributed by atoms with E-state index in [2.05, 4.69) is 37.8 Å². The molecule has 0 aliphatic heterocycles. The van der Waals surface area contributed by atoms with Crippen LogP contribution in [-0.2, 0) is 11.5 Å². The Labute approximate surface area is 156 Å². The van der Waals surface area contributed by atoms with E-state index >= 15 is 0 Å². The van der Waals surface area contributed by atoms with Gasteiger partial charge in [0.15, 0.2) is 0 Å². The maximum absolute atomic E-state index is 6.23. The van der Waals surface area contributed by atoms with E-state index in [4.69, 9.17) is 15.6 Å². The molecule has 1 heterocycles. The maximum atomic E-state index is 6.23. The molecular formula is C21H27N3OSi. The van der Waals surface area contributed by atoms with E-state index in [1.165, 1.54) is 0 Å². The minimum absolute atomic E-state index is 0.448. The van der Waals surface area contributed by atoms with Crippen molar-refractivity contribution in [1.29, 1.82) is 0 Å². The van der Waals surface area contributed by atoms with Crippen molar-refractivity contribution in [2.75, 3.05) is 12.3 Å². The number of hydrogen-bond acceptors (Lipinski definition) is 3. The van der Waals surface area contributed by atoms with Crippen molar-refractivity contribution in [3.8, 4) is 0 Å². The zero-order valence-corrected chi connectivity index (χ0v) is 16.8. The predicted octanol–water partition coefficient (Wildman–Crippen LogP) is 5.10. The molecule has 3 rings (SSSR count). The molecule has 3 aromatic rings. The van der Waals surface area contributed by atoms with E-state index in [0.717, 1.165) is 40.5 Å². The molecular weight excluding hydrogens is 338 g/mol. The summed E-state index contributed by atoms with van der Waals surface area (Å²) < 4.78 is 7.79. The summed E-state index contributed by atoms with van der Waals surface area (Å²) >= 11 is 0. The van der Waals surface area contributed by atoms with Gasteiger partial charge in [-0.3, -0.25) is 0 Å². The lowest BCUT2D eigenvalue weighted by Crippen LogP contribution is -2.22. The van der Waals surface area contributed by atoms with Crippen LogP contribution in [0.2, 0.25) is 25.7 Å². The second kappa shape index (κ2) is 7.89. The second-order valence-corrected chi connectivity index (χ2v) is 13.3. The molecule has 0 aliphatic carbocycles. The molecule has 0 saturated carbocycles. The van der Waals surface area contributed by atoms with Crippen molar-refractivity contribution in [3.63, 3.8) is 0 Å². The van der Waals surface area contributed by atoms with Crippen LogP contribution in [0.3, 0.4) is 0 Å². The summed E-state index contributed by atoms with van der Waals surface area (Å²) in [7, 11) is -1.09. The number of hydrogen-bond donors (Lipinski definition) is 1. The highest BCUT2D eigenvalue weighted by atomic mass is 28.3. The molecule has 2 N–H and O–H groups in total. The number of ether oxygens (including phenoxy) is 1. The average Bonchev–Trinajstić information content (AvgIpc) is 2.96. The summed E-state index contributed by atoms with van der Waals surface area (Å²) in [6.07, 6.45) is 4.08. The Morgan fingerprint density at radius 3 is 2.54 bits per heavy atom. The third-order valence-corrected chi connectivity index (χ3v) is 5.98. The molecule has 0 aliphatic rings. The lowest BCUT2D eigenvalue weighted by Gasteiger charge is -2.15. The van der Waals surface area contributed by atoms with Gasteiger partial charge in [-0.05, 0) is 29.8 Å². The van der Waals surface area contributed by atoms with E-state index in [9.17, 15) is 0 Å². The molecule has 1 aromatic heterocycles. The SMILES string of the molecule is C[Si](C)(C)CCOCn1nc(/C=C/c2ccccc2)c2c(N)cccc21.